The number of benzene rings is 1. The SMILES string of the molecule is CCNCC1CCN(C(=O)C2Cc3ccccc3CN2C(=O)c2ccco2)CC1. The van der Waals surface area contributed by atoms with Gasteiger partial charge in [-0.3, -0.25) is 9.59 Å². The Morgan fingerprint density at radius 2 is 1.86 bits per heavy atom. The van der Waals surface area contributed by atoms with Crippen molar-refractivity contribution in [1.82, 2.24) is 15.1 Å². The van der Waals surface area contributed by atoms with E-state index in [9.17, 15) is 9.59 Å². The predicted octanol–water partition coefficient (Wildman–Crippen LogP) is 2.69. The van der Waals surface area contributed by atoms with Crippen molar-refractivity contribution < 1.29 is 14.0 Å². The monoisotopic (exact) mass is 395 g/mol. The van der Waals surface area contributed by atoms with Crippen LogP contribution in [0.2, 0.25) is 0 Å². The summed E-state index contributed by atoms with van der Waals surface area (Å²) in [6, 6.07) is 11.0. The van der Waals surface area contributed by atoms with Gasteiger partial charge in [0.05, 0.1) is 6.26 Å². The number of hydrogen-bond donors (Lipinski definition) is 1. The summed E-state index contributed by atoms with van der Waals surface area (Å²) in [7, 11) is 0. The zero-order valence-electron chi connectivity index (χ0n) is 17.0. The molecule has 0 spiro atoms. The smallest absolute Gasteiger partial charge is 0.290 e. The van der Waals surface area contributed by atoms with Crippen LogP contribution in [-0.4, -0.2) is 53.8 Å². The lowest BCUT2D eigenvalue weighted by Crippen LogP contribution is -2.55. The van der Waals surface area contributed by atoms with E-state index in [0.717, 1.165) is 50.1 Å². The number of piperidine rings is 1. The highest BCUT2D eigenvalue weighted by Gasteiger charge is 2.38. The highest BCUT2D eigenvalue weighted by Crippen LogP contribution is 2.27. The van der Waals surface area contributed by atoms with Gasteiger partial charge in [0.1, 0.15) is 6.04 Å². The molecule has 2 aliphatic heterocycles. The van der Waals surface area contributed by atoms with E-state index in [1.165, 1.54) is 6.26 Å². The molecule has 1 fully saturated rings. The van der Waals surface area contributed by atoms with Crippen molar-refractivity contribution >= 4 is 11.8 Å². The lowest BCUT2D eigenvalue weighted by Gasteiger charge is -2.40. The van der Waals surface area contributed by atoms with Crippen molar-refractivity contribution in [2.45, 2.75) is 38.8 Å². The maximum atomic E-state index is 13.5. The molecule has 4 rings (SSSR count). The number of rotatable bonds is 5. The zero-order valence-corrected chi connectivity index (χ0v) is 17.0. The number of amides is 2. The molecule has 154 valence electrons. The first-order valence-corrected chi connectivity index (χ1v) is 10.6. The van der Waals surface area contributed by atoms with Gasteiger partial charge < -0.3 is 19.5 Å². The minimum Gasteiger partial charge on any atom is -0.459 e. The Kier molecular flexibility index (Phi) is 6.00. The zero-order chi connectivity index (χ0) is 20.2. The van der Waals surface area contributed by atoms with Crippen molar-refractivity contribution in [1.29, 1.82) is 0 Å². The Morgan fingerprint density at radius 1 is 1.10 bits per heavy atom. The number of hydrogen-bond acceptors (Lipinski definition) is 4. The molecule has 1 saturated heterocycles. The van der Waals surface area contributed by atoms with Crippen LogP contribution in [0.4, 0.5) is 0 Å². The molecular weight excluding hydrogens is 366 g/mol. The van der Waals surface area contributed by atoms with Crippen LogP contribution >= 0.6 is 0 Å². The predicted molar refractivity (Wildman–Crippen MR) is 110 cm³/mol. The molecule has 1 aromatic carbocycles. The van der Waals surface area contributed by atoms with Crippen molar-refractivity contribution in [3.63, 3.8) is 0 Å². The number of likely N-dealkylation sites (tertiary alicyclic amines) is 1. The van der Waals surface area contributed by atoms with Crippen LogP contribution in [0.15, 0.2) is 47.1 Å². The van der Waals surface area contributed by atoms with Crippen molar-refractivity contribution in [2.75, 3.05) is 26.2 Å². The summed E-state index contributed by atoms with van der Waals surface area (Å²) in [4.78, 5) is 30.2. The summed E-state index contributed by atoms with van der Waals surface area (Å²) >= 11 is 0. The van der Waals surface area contributed by atoms with Crippen LogP contribution in [0.3, 0.4) is 0 Å². The Labute approximate surface area is 171 Å². The topological polar surface area (TPSA) is 65.8 Å². The Bertz CT molecular complexity index is 841. The standard InChI is InChI=1S/C23H29N3O3/c1-2-24-15-17-9-11-25(12-10-17)22(27)20-14-18-6-3-4-7-19(18)16-26(20)23(28)21-8-5-13-29-21/h3-8,13,17,20,24H,2,9-12,14-16H2,1H3. The number of nitrogens with zero attached hydrogens (tertiary/aromatic N) is 2. The highest BCUT2D eigenvalue weighted by atomic mass is 16.3. The Balaban J connectivity index is 1.51. The molecule has 2 aromatic rings. The first-order valence-electron chi connectivity index (χ1n) is 10.6. The molecule has 29 heavy (non-hydrogen) atoms. The second kappa shape index (κ2) is 8.82. The summed E-state index contributed by atoms with van der Waals surface area (Å²) in [6.07, 6.45) is 4.07. The van der Waals surface area contributed by atoms with Crippen LogP contribution in [0, 0.1) is 5.92 Å². The van der Waals surface area contributed by atoms with Gasteiger partial charge in [-0.05, 0) is 55.1 Å². The summed E-state index contributed by atoms with van der Waals surface area (Å²) < 4.78 is 5.34. The normalized spacial score (nSPS) is 19.8. The van der Waals surface area contributed by atoms with Crippen molar-refractivity contribution in [3.05, 3.63) is 59.5 Å². The summed E-state index contributed by atoms with van der Waals surface area (Å²) in [5, 5.41) is 3.41. The van der Waals surface area contributed by atoms with E-state index in [1.807, 2.05) is 23.1 Å². The van der Waals surface area contributed by atoms with E-state index in [4.69, 9.17) is 4.42 Å². The fourth-order valence-electron chi connectivity index (χ4n) is 4.42. The molecule has 1 unspecified atom stereocenters. The van der Waals surface area contributed by atoms with Crippen LogP contribution in [0.1, 0.15) is 41.4 Å². The number of fused-ring (bicyclic) bond motifs is 1. The molecule has 2 amide bonds. The van der Waals surface area contributed by atoms with Gasteiger partial charge in [0, 0.05) is 26.1 Å². The molecule has 0 saturated carbocycles. The number of carbonyl (C=O) groups is 2. The third-order valence-electron chi connectivity index (χ3n) is 6.14. The van der Waals surface area contributed by atoms with E-state index in [2.05, 4.69) is 18.3 Å². The molecule has 0 bridgehead atoms. The summed E-state index contributed by atoms with van der Waals surface area (Å²) in [6.45, 7) is 6.06. The first-order chi connectivity index (χ1) is 14.2. The van der Waals surface area contributed by atoms with E-state index in [0.29, 0.717) is 18.9 Å². The lowest BCUT2D eigenvalue weighted by atomic mass is 9.91. The van der Waals surface area contributed by atoms with Gasteiger partial charge in [-0.25, -0.2) is 0 Å². The first kappa shape index (κ1) is 19.7. The van der Waals surface area contributed by atoms with E-state index < -0.39 is 6.04 Å². The summed E-state index contributed by atoms with van der Waals surface area (Å²) in [5.74, 6) is 0.740. The third kappa shape index (κ3) is 4.22. The second-order valence-electron chi connectivity index (χ2n) is 7.98. The van der Waals surface area contributed by atoms with Gasteiger partial charge in [0.2, 0.25) is 5.91 Å². The van der Waals surface area contributed by atoms with Crippen molar-refractivity contribution in [3.8, 4) is 0 Å². The molecule has 3 heterocycles. The molecule has 6 nitrogen and oxygen atoms in total. The number of carbonyl (C=O) groups excluding carboxylic acids is 2. The average Bonchev–Trinajstić information content (AvgIpc) is 3.31. The van der Waals surface area contributed by atoms with Crippen LogP contribution in [0.5, 0.6) is 0 Å². The second-order valence-corrected chi connectivity index (χ2v) is 7.98. The molecule has 2 aliphatic rings. The number of nitrogens with one attached hydrogen (secondary N) is 1. The van der Waals surface area contributed by atoms with Crippen LogP contribution < -0.4 is 5.32 Å². The van der Waals surface area contributed by atoms with Gasteiger partial charge in [-0.1, -0.05) is 31.2 Å². The van der Waals surface area contributed by atoms with Gasteiger partial charge in [-0.2, -0.15) is 0 Å². The Hall–Kier alpha value is -2.60. The minimum atomic E-state index is -0.479. The van der Waals surface area contributed by atoms with Crippen LogP contribution in [0.25, 0.3) is 0 Å². The van der Waals surface area contributed by atoms with E-state index in [1.54, 1.807) is 17.0 Å². The van der Waals surface area contributed by atoms with E-state index >= 15 is 0 Å². The fraction of sp³-hybridized carbons (Fsp3) is 0.478. The highest BCUT2D eigenvalue weighted by molar-refractivity contribution is 5.96. The van der Waals surface area contributed by atoms with Crippen molar-refractivity contribution in [2.24, 2.45) is 5.92 Å². The fourth-order valence-corrected chi connectivity index (χ4v) is 4.42. The number of furan rings is 1. The molecule has 1 atom stereocenters. The molecule has 0 radical (unpaired) electrons. The molecule has 6 heteroatoms. The van der Waals surface area contributed by atoms with Crippen LogP contribution in [-0.2, 0) is 17.8 Å². The van der Waals surface area contributed by atoms with Gasteiger partial charge in [0.25, 0.3) is 5.91 Å². The quantitative estimate of drug-likeness (QED) is 0.845. The maximum Gasteiger partial charge on any atom is 0.290 e. The average molecular weight is 396 g/mol. The van der Waals surface area contributed by atoms with Gasteiger partial charge in [-0.15, -0.1) is 0 Å². The largest absolute Gasteiger partial charge is 0.459 e. The Morgan fingerprint density at radius 3 is 2.55 bits per heavy atom. The van der Waals surface area contributed by atoms with E-state index in [-0.39, 0.29) is 17.6 Å². The summed E-state index contributed by atoms with van der Waals surface area (Å²) in [5.41, 5.74) is 2.25. The molecular formula is C23H29N3O3. The minimum absolute atomic E-state index is 0.0568. The third-order valence-corrected chi connectivity index (χ3v) is 6.14. The lowest BCUT2D eigenvalue weighted by molar-refractivity contribution is -0.138. The van der Waals surface area contributed by atoms with Gasteiger partial charge in [0.15, 0.2) is 5.76 Å². The maximum absolute atomic E-state index is 13.5. The molecule has 0 aliphatic carbocycles. The molecule has 1 N–H and O–H groups in total. The van der Waals surface area contributed by atoms with Gasteiger partial charge >= 0.3 is 0 Å². The molecule has 1 aromatic heterocycles.